The fourth-order valence-corrected chi connectivity index (χ4v) is 3.96. The van der Waals surface area contributed by atoms with Gasteiger partial charge in [-0.2, -0.15) is 0 Å². The molecular weight excluding hydrogens is 398 g/mol. The number of nitrogens with one attached hydrogen (secondary N) is 2. The van der Waals surface area contributed by atoms with Crippen LogP contribution in [-0.2, 0) is 9.53 Å². The average Bonchev–Trinajstić information content (AvgIpc) is 2.71. The van der Waals surface area contributed by atoms with Gasteiger partial charge in [-0.05, 0) is 64.8 Å². The summed E-state index contributed by atoms with van der Waals surface area (Å²) in [5.41, 5.74) is 7.13. The van der Waals surface area contributed by atoms with Crippen molar-refractivity contribution in [3.05, 3.63) is 17.4 Å². The highest BCUT2D eigenvalue weighted by molar-refractivity contribution is 5.79. The second-order valence-corrected chi connectivity index (χ2v) is 9.12. The lowest BCUT2D eigenvalue weighted by Crippen LogP contribution is -2.43. The third kappa shape index (κ3) is 13.8. The van der Waals surface area contributed by atoms with Crippen LogP contribution in [0.4, 0.5) is 4.79 Å². The lowest BCUT2D eigenvalue weighted by molar-refractivity contribution is -0.139. The molecule has 2 fully saturated rings. The summed E-state index contributed by atoms with van der Waals surface area (Å²) in [5, 5.41) is 18.2. The molecule has 177 valence electrons. The molecule has 1 radical (unpaired) electrons. The zero-order chi connectivity index (χ0) is 23.1. The number of azide groups is 1. The van der Waals surface area contributed by atoms with Crippen molar-refractivity contribution in [2.45, 2.75) is 115 Å². The molecule has 0 aliphatic heterocycles. The molecule has 0 heterocycles. The van der Waals surface area contributed by atoms with Crippen molar-refractivity contribution in [2.75, 3.05) is 6.54 Å². The molecule has 0 aromatic rings. The number of rotatable bonds is 9. The first-order valence-corrected chi connectivity index (χ1v) is 11.6. The maximum Gasteiger partial charge on any atom is 0.408 e. The number of alkyl carbamates (subject to hydrolysis) is 1. The van der Waals surface area contributed by atoms with Crippen LogP contribution in [0.1, 0.15) is 90.9 Å². The van der Waals surface area contributed by atoms with E-state index in [1.54, 1.807) is 13.8 Å². The summed E-state index contributed by atoms with van der Waals surface area (Å²) in [5.74, 6) is -1.17. The number of hydrogen-bond acceptors (Lipinski definition) is 5. The first kappa shape index (κ1) is 27.0. The third-order valence-corrected chi connectivity index (χ3v) is 5.46. The van der Waals surface area contributed by atoms with Crippen LogP contribution in [-0.4, -0.2) is 47.4 Å². The summed E-state index contributed by atoms with van der Waals surface area (Å²) in [4.78, 5) is 24.8. The predicted molar refractivity (Wildman–Crippen MR) is 121 cm³/mol. The zero-order valence-corrected chi connectivity index (χ0v) is 19.1. The Kier molecular flexibility index (Phi) is 13.0. The number of ether oxygens (including phenoxy) is 1. The van der Waals surface area contributed by atoms with Gasteiger partial charge in [0.1, 0.15) is 11.6 Å². The third-order valence-electron chi connectivity index (χ3n) is 5.46. The summed E-state index contributed by atoms with van der Waals surface area (Å²) in [6.07, 6.45) is 14.2. The largest absolute Gasteiger partial charge is 0.480 e. The van der Waals surface area contributed by atoms with Crippen LogP contribution in [0.25, 0.3) is 10.4 Å². The molecule has 0 saturated heterocycles. The number of nitrogens with zero attached hydrogens (tertiary/aromatic N) is 3. The topological polar surface area (TPSA) is 136 Å². The quantitative estimate of drug-likeness (QED) is 0.199. The van der Waals surface area contributed by atoms with Crippen molar-refractivity contribution in [1.82, 2.24) is 10.6 Å². The molecule has 2 saturated carbocycles. The fourth-order valence-electron chi connectivity index (χ4n) is 3.96. The van der Waals surface area contributed by atoms with E-state index in [9.17, 15) is 9.59 Å². The van der Waals surface area contributed by atoms with Crippen molar-refractivity contribution in [3.63, 3.8) is 0 Å². The van der Waals surface area contributed by atoms with Crippen LogP contribution in [0.2, 0.25) is 0 Å². The SMILES string of the molecule is C1CCC(NC2CCCCC2)CC1.[CH2]C(C)(C)OC(=O)N[C@@H](CCCN=[N+]=[N-])C(=O)O. The Balaban J connectivity index is 0.000000323. The number of carboxylic acid groups (broad SMARTS) is 1. The Bertz CT molecular complexity index is 559. The van der Waals surface area contributed by atoms with Gasteiger partial charge >= 0.3 is 12.1 Å². The van der Waals surface area contributed by atoms with E-state index < -0.39 is 23.7 Å². The van der Waals surface area contributed by atoms with Crippen LogP contribution in [0.3, 0.4) is 0 Å². The molecule has 0 spiro atoms. The lowest BCUT2D eigenvalue weighted by Gasteiger charge is -2.30. The second kappa shape index (κ2) is 14.9. The maximum absolute atomic E-state index is 11.3. The Morgan fingerprint density at radius 3 is 2.06 bits per heavy atom. The number of carboxylic acids is 1. The van der Waals surface area contributed by atoms with Gasteiger partial charge in [0.25, 0.3) is 0 Å². The van der Waals surface area contributed by atoms with Crippen molar-refractivity contribution in [1.29, 1.82) is 0 Å². The first-order valence-electron chi connectivity index (χ1n) is 11.6. The van der Waals surface area contributed by atoms with E-state index in [0.29, 0.717) is 6.42 Å². The molecule has 0 aromatic heterocycles. The van der Waals surface area contributed by atoms with Gasteiger partial charge in [-0.15, -0.1) is 0 Å². The van der Waals surface area contributed by atoms with E-state index in [1.807, 2.05) is 0 Å². The van der Waals surface area contributed by atoms with Gasteiger partial charge in [0.15, 0.2) is 0 Å². The van der Waals surface area contributed by atoms with Crippen LogP contribution in [0.15, 0.2) is 5.11 Å². The van der Waals surface area contributed by atoms with Crippen molar-refractivity contribution in [3.8, 4) is 0 Å². The van der Waals surface area contributed by atoms with Crippen LogP contribution >= 0.6 is 0 Å². The van der Waals surface area contributed by atoms with Crippen molar-refractivity contribution < 1.29 is 19.4 Å². The lowest BCUT2D eigenvalue weighted by atomic mass is 9.91. The molecule has 1 amide bonds. The number of hydrogen-bond donors (Lipinski definition) is 3. The van der Waals surface area contributed by atoms with Crippen LogP contribution in [0, 0.1) is 6.92 Å². The average molecular weight is 439 g/mol. The molecule has 9 heteroatoms. The molecule has 31 heavy (non-hydrogen) atoms. The van der Waals surface area contributed by atoms with Gasteiger partial charge < -0.3 is 20.5 Å². The van der Waals surface area contributed by atoms with Crippen molar-refractivity contribution >= 4 is 12.1 Å². The molecule has 0 bridgehead atoms. The maximum atomic E-state index is 11.3. The molecule has 2 aliphatic carbocycles. The minimum Gasteiger partial charge on any atom is -0.480 e. The van der Waals surface area contributed by atoms with E-state index >= 15 is 0 Å². The highest BCUT2D eigenvalue weighted by atomic mass is 16.6. The van der Waals surface area contributed by atoms with E-state index in [0.717, 1.165) is 12.1 Å². The van der Waals surface area contributed by atoms with Crippen LogP contribution < -0.4 is 10.6 Å². The van der Waals surface area contributed by atoms with E-state index in [-0.39, 0.29) is 13.0 Å². The van der Waals surface area contributed by atoms with Crippen LogP contribution in [0.5, 0.6) is 0 Å². The first-order chi connectivity index (χ1) is 14.7. The molecular formula is C22H40N5O4. The second-order valence-electron chi connectivity index (χ2n) is 9.12. The van der Waals surface area contributed by atoms with Gasteiger partial charge in [-0.3, -0.25) is 0 Å². The number of carbonyl (C=O) groups is 2. The molecule has 0 aromatic carbocycles. The Hall–Kier alpha value is -1.99. The van der Waals surface area contributed by atoms with E-state index in [4.69, 9.17) is 15.4 Å². The van der Waals surface area contributed by atoms with Gasteiger partial charge in [0, 0.05) is 23.5 Å². The minimum atomic E-state index is -1.17. The molecule has 0 unspecified atom stereocenters. The number of amides is 1. The summed E-state index contributed by atoms with van der Waals surface area (Å²) in [6, 6.07) is 0.669. The van der Waals surface area contributed by atoms with E-state index in [2.05, 4.69) is 27.6 Å². The predicted octanol–water partition coefficient (Wildman–Crippen LogP) is 5.11. The normalized spacial score (nSPS) is 18.7. The van der Waals surface area contributed by atoms with Gasteiger partial charge in [0.2, 0.25) is 0 Å². The molecule has 2 rings (SSSR count). The molecule has 3 N–H and O–H groups in total. The Morgan fingerprint density at radius 1 is 1.13 bits per heavy atom. The summed E-state index contributed by atoms with van der Waals surface area (Å²) in [6.45, 7) is 6.89. The van der Waals surface area contributed by atoms with Gasteiger partial charge in [-0.1, -0.05) is 43.6 Å². The highest BCUT2D eigenvalue weighted by Gasteiger charge is 2.23. The molecule has 9 nitrogen and oxygen atoms in total. The monoisotopic (exact) mass is 438 g/mol. The Morgan fingerprint density at radius 2 is 1.65 bits per heavy atom. The Labute approximate surface area is 186 Å². The van der Waals surface area contributed by atoms with Crippen molar-refractivity contribution in [2.24, 2.45) is 5.11 Å². The minimum absolute atomic E-state index is 0.154. The smallest absolute Gasteiger partial charge is 0.408 e. The van der Waals surface area contributed by atoms with E-state index in [1.165, 1.54) is 64.2 Å². The fraction of sp³-hybridized carbons (Fsp3) is 0.864. The zero-order valence-electron chi connectivity index (χ0n) is 19.1. The van der Waals surface area contributed by atoms with Gasteiger partial charge in [0.05, 0.1) is 0 Å². The highest BCUT2D eigenvalue weighted by Crippen LogP contribution is 2.22. The molecule has 2 aliphatic rings. The molecule has 1 atom stereocenters. The number of carbonyl (C=O) groups excluding carboxylic acids is 1. The number of aliphatic carboxylic acids is 1. The van der Waals surface area contributed by atoms with Gasteiger partial charge in [-0.25, -0.2) is 9.59 Å². The summed E-state index contributed by atoms with van der Waals surface area (Å²) in [7, 11) is 0. The summed E-state index contributed by atoms with van der Waals surface area (Å²) < 4.78 is 4.84. The summed E-state index contributed by atoms with van der Waals surface area (Å²) >= 11 is 0. The standard InChI is InChI=1S/C12H23N.C10H17N4O4/c1-3-7-11(8-4-1)13-12-9-5-2-6-10-12;1-10(2,3)18-9(17)13-7(8(15)16)5-4-6-12-14-11/h11-13H,1-10H2;7H,1,4-6H2,2-3H3,(H,13,17)(H,15,16)/t;7-/m.0/s1.